The van der Waals surface area contributed by atoms with Crippen LogP contribution >= 0.6 is 0 Å². The van der Waals surface area contributed by atoms with Crippen LogP contribution in [0.4, 0.5) is 0 Å². The number of carbonyl (C=O) groups is 4. The number of rotatable bonds is 47. The molecule has 0 aromatic carbocycles. The van der Waals surface area contributed by atoms with Crippen LogP contribution in [0.25, 0.3) is 0 Å². The second kappa shape index (κ2) is 48.8. The number of aliphatic hydroxyl groups is 2. The van der Waals surface area contributed by atoms with E-state index in [9.17, 15) is 34.5 Å². The van der Waals surface area contributed by atoms with E-state index in [-0.39, 0.29) is 25.9 Å². The van der Waals surface area contributed by atoms with Crippen LogP contribution in [0.2, 0.25) is 0 Å². The van der Waals surface area contributed by atoms with Gasteiger partial charge in [0.1, 0.15) is 18.8 Å². The third-order valence-corrected chi connectivity index (χ3v) is 12.5. The van der Waals surface area contributed by atoms with Crippen LogP contribution in [0.1, 0.15) is 226 Å². The Morgan fingerprint density at radius 1 is 0.466 bits per heavy atom. The summed E-state index contributed by atoms with van der Waals surface area (Å²) in [6, 6.07) is 0. The van der Waals surface area contributed by atoms with Crippen molar-refractivity contribution in [3.05, 3.63) is 85.1 Å². The summed E-state index contributed by atoms with van der Waals surface area (Å²) < 4.78 is 28.3. The molecule has 0 aromatic rings. The highest BCUT2D eigenvalue weighted by atomic mass is 16.7. The lowest BCUT2D eigenvalue weighted by Crippen LogP contribution is -2.61. The average molecular weight is 1030 g/mol. The largest absolute Gasteiger partial charge is 0.479 e. The Morgan fingerprint density at radius 3 is 1.37 bits per heavy atom. The number of carboxylic acid groups (broad SMARTS) is 1. The lowest BCUT2D eigenvalue weighted by molar-refractivity contribution is -0.301. The SMILES string of the molecule is CC/C=C\C/C=C\C/C=C\C/C=C\CCC(=O)OC(COC(=O)CCCCCCCCCCCCCCCCC)COC1OC(C(=O)O)C(O)C(O)C1OC(=O)CCCCCCC/C=C\C/C=C\C/C=C\CC. The summed E-state index contributed by atoms with van der Waals surface area (Å²) in [6.45, 7) is 5.69. The van der Waals surface area contributed by atoms with Gasteiger partial charge in [-0.2, -0.15) is 0 Å². The van der Waals surface area contributed by atoms with E-state index in [4.69, 9.17) is 23.7 Å². The number of esters is 3. The first-order chi connectivity index (χ1) is 35.6. The zero-order valence-corrected chi connectivity index (χ0v) is 45.6. The first-order valence-electron chi connectivity index (χ1n) is 28.6. The molecule has 73 heavy (non-hydrogen) atoms. The van der Waals surface area contributed by atoms with Crippen LogP contribution in [-0.2, 0) is 42.9 Å². The Labute approximate surface area is 441 Å². The molecule has 1 heterocycles. The smallest absolute Gasteiger partial charge is 0.335 e. The molecule has 6 unspecified atom stereocenters. The van der Waals surface area contributed by atoms with Gasteiger partial charge in [-0.25, -0.2) is 4.79 Å². The Hall–Kier alpha value is -4.10. The van der Waals surface area contributed by atoms with Crippen LogP contribution in [0.3, 0.4) is 0 Å². The number of carbonyl (C=O) groups excluding carboxylic acids is 3. The van der Waals surface area contributed by atoms with Crippen molar-refractivity contribution in [2.45, 2.75) is 263 Å². The molecule has 12 heteroatoms. The van der Waals surface area contributed by atoms with Crippen molar-refractivity contribution in [3.8, 4) is 0 Å². The second-order valence-corrected chi connectivity index (χ2v) is 19.2. The van der Waals surface area contributed by atoms with Gasteiger partial charge in [0, 0.05) is 19.3 Å². The number of allylic oxidation sites excluding steroid dienone is 14. The van der Waals surface area contributed by atoms with Crippen molar-refractivity contribution in [2.24, 2.45) is 0 Å². The van der Waals surface area contributed by atoms with Crippen LogP contribution in [0.15, 0.2) is 85.1 Å². The van der Waals surface area contributed by atoms with Crippen molar-refractivity contribution in [2.75, 3.05) is 13.2 Å². The van der Waals surface area contributed by atoms with Gasteiger partial charge >= 0.3 is 23.9 Å². The van der Waals surface area contributed by atoms with Gasteiger partial charge in [-0.3, -0.25) is 14.4 Å². The van der Waals surface area contributed by atoms with Gasteiger partial charge in [-0.05, 0) is 77.0 Å². The number of aliphatic hydroxyl groups excluding tert-OH is 2. The lowest BCUT2D eigenvalue weighted by atomic mass is 9.98. The normalized spacial score (nSPS) is 18.9. The van der Waals surface area contributed by atoms with Gasteiger partial charge in [0.2, 0.25) is 0 Å². The fraction of sp³-hybridized carbons (Fsp3) is 0.705. The van der Waals surface area contributed by atoms with Gasteiger partial charge in [-0.1, -0.05) is 215 Å². The summed E-state index contributed by atoms with van der Waals surface area (Å²) in [5, 5.41) is 31.4. The molecule has 1 rings (SSSR count). The average Bonchev–Trinajstić information content (AvgIpc) is 3.37. The minimum absolute atomic E-state index is 0.0307. The van der Waals surface area contributed by atoms with E-state index in [1.807, 2.05) is 12.2 Å². The predicted molar refractivity (Wildman–Crippen MR) is 294 cm³/mol. The van der Waals surface area contributed by atoms with Crippen molar-refractivity contribution in [1.82, 2.24) is 0 Å². The number of unbranched alkanes of at least 4 members (excludes halogenated alkanes) is 19. The standard InChI is InChI=1S/C61H100O12/c1-4-7-10-13-16-19-22-25-27-30-32-35-38-41-44-47-53(62)69-50-52(71-54(63)48-45-42-39-36-33-29-24-21-18-15-12-9-6-3)51-70-61-59(57(66)56(65)58(73-61)60(67)68)72-55(64)49-46-43-40-37-34-31-28-26-23-20-17-14-11-8-5-2/h8-9,11-12,17-18,20-21,26,28-29,33,39,42,52,56-59,61,65-66H,4-7,10,13-16,19,22-25,27,30-32,34-38,40-41,43-51H2,1-3H3,(H,67,68)/b11-8-,12-9-,20-17-,21-18-,28-26-,33-29-,42-39-. The minimum atomic E-state index is -1.92. The number of carboxylic acids is 1. The maximum Gasteiger partial charge on any atom is 0.335 e. The molecule has 0 amide bonds. The molecule has 0 bridgehead atoms. The maximum absolute atomic E-state index is 13.1. The highest BCUT2D eigenvalue weighted by Gasteiger charge is 2.50. The first-order valence-corrected chi connectivity index (χ1v) is 28.6. The molecule has 1 fully saturated rings. The summed E-state index contributed by atoms with van der Waals surface area (Å²) >= 11 is 0. The van der Waals surface area contributed by atoms with E-state index >= 15 is 0 Å². The highest BCUT2D eigenvalue weighted by molar-refractivity contribution is 5.74. The predicted octanol–water partition coefficient (Wildman–Crippen LogP) is 14.3. The van der Waals surface area contributed by atoms with Crippen LogP contribution < -0.4 is 0 Å². The second-order valence-electron chi connectivity index (χ2n) is 19.2. The topological polar surface area (TPSA) is 175 Å². The van der Waals surface area contributed by atoms with Gasteiger partial charge in [0.15, 0.2) is 24.6 Å². The number of aliphatic carboxylic acids is 1. The van der Waals surface area contributed by atoms with E-state index < -0.39 is 67.3 Å². The van der Waals surface area contributed by atoms with Crippen LogP contribution in [0.5, 0.6) is 0 Å². The van der Waals surface area contributed by atoms with Crippen molar-refractivity contribution in [1.29, 1.82) is 0 Å². The van der Waals surface area contributed by atoms with Crippen LogP contribution in [0, 0.1) is 0 Å². The van der Waals surface area contributed by atoms with Gasteiger partial charge in [0.25, 0.3) is 0 Å². The molecule has 1 saturated heterocycles. The summed E-state index contributed by atoms with van der Waals surface area (Å²) in [5.74, 6) is -3.25. The van der Waals surface area contributed by atoms with Gasteiger partial charge in [-0.15, -0.1) is 0 Å². The lowest BCUT2D eigenvalue weighted by Gasteiger charge is -2.40. The maximum atomic E-state index is 13.1. The monoisotopic (exact) mass is 1020 g/mol. The zero-order chi connectivity index (χ0) is 53.3. The number of hydrogen-bond donors (Lipinski definition) is 3. The molecule has 1 aliphatic rings. The highest BCUT2D eigenvalue weighted by Crippen LogP contribution is 2.26. The molecule has 12 nitrogen and oxygen atoms in total. The summed E-state index contributed by atoms with van der Waals surface area (Å²) in [4.78, 5) is 51.0. The summed E-state index contributed by atoms with van der Waals surface area (Å²) in [7, 11) is 0. The first kappa shape index (κ1) is 66.9. The van der Waals surface area contributed by atoms with E-state index in [2.05, 4.69) is 93.7 Å². The Morgan fingerprint density at radius 2 is 0.890 bits per heavy atom. The van der Waals surface area contributed by atoms with E-state index in [1.165, 1.54) is 70.6 Å². The van der Waals surface area contributed by atoms with Gasteiger partial charge < -0.3 is 39.0 Å². The molecule has 0 spiro atoms. The molecule has 0 saturated carbocycles. The third-order valence-electron chi connectivity index (χ3n) is 12.5. The van der Waals surface area contributed by atoms with E-state index in [0.29, 0.717) is 25.7 Å². The molecular formula is C61H100O12. The fourth-order valence-electron chi connectivity index (χ4n) is 8.16. The number of hydrogen-bond acceptors (Lipinski definition) is 11. The van der Waals surface area contributed by atoms with E-state index in [0.717, 1.165) is 89.9 Å². The molecule has 0 aromatic heterocycles. The summed E-state index contributed by atoms with van der Waals surface area (Å²) in [6.07, 6.45) is 50.0. The van der Waals surface area contributed by atoms with Crippen LogP contribution in [-0.4, -0.2) is 89.2 Å². The van der Waals surface area contributed by atoms with Gasteiger partial charge in [0.05, 0.1) is 6.61 Å². The molecule has 0 aliphatic carbocycles. The fourth-order valence-corrected chi connectivity index (χ4v) is 8.16. The third kappa shape index (κ3) is 39.0. The van der Waals surface area contributed by atoms with Crippen molar-refractivity contribution < 1.29 is 58.2 Å². The Bertz CT molecular complexity index is 1590. The summed E-state index contributed by atoms with van der Waals surface area (Å²) in [5.41, 5.74) is 0. The molecule has 1 aliphatic heterocycles. The molecule has 3 N–H and O–H groups in total. The zero-order valence-electron chi connectivity index (χ0n) is 45.6. The number of ether oxygens (including phenoxy) is 5. The quantitative estimate of drug-likeness (QED) is 0.0228. The Kier molecular flexibility index (Phi) is 44.7. The van der Waals surface area contributed by atoms with Crippen molar-refractivity contribution in [3.63, 3.8) is 0 Å². The molecule has 0 radical (unpaired) electrons. The molecular weight excluding hydrogens is 925 g/mol. The molecule has 6 atom stereocenters. The Balaban J connectivity index is 2.74. The van der Waals surface area contributed by atoms with E-state index in [1.54, 1.807) is 0 Å². The molecule has 416 valence electrons. The minimum Gasteiger partial charge on any atom is -0.479 e. The van der Waals surface area contributed by atoms with Crippen molar-refractivity contribution >= 4 is 23.9 Å².